The summed E-state index contributed by atoms with van der Waals surface area (Å²) in [7, 11) is 0. The van der Waals surface area contributed by atoms with E-state index in [2.05, 4.69) is 33.8 Å². The van der Waals surface area contributed by atoms with Gasteiger partial charge in [-0.25, -0.2) is 4.79 Å². The number of thiophene rings is 1. The van der Waals surface area contributed by atoms with Gasteiger partial charge in [-0.15, -0.1) is 11.3 Å². The summed E-state index contributed by atoms with van der Waals surface area (Å²) in [5, 5.41) is 16.6. The molecule has 28 heavy (non-hydrogen) atoms. The third kappa shape index (κ3) is 3.16. The van der Waals surface area contributed by atoms with E-state index in [1.807, 2.05) is 12.1 Å². The van der Waals surface area contributed by atoms with Crippen LogP contribution in [0.5, 0.6) is 11.5 Å². The number of amides is 1. The second-order valence-corrected chi connectivity index (χ2v) is 8.03. The highest BCUT2D eigenvalue weighted by Crippen LogP contribution is 2.41. The van der Waals surface area contributed by atoms with Crippen molar-refractivity contribution in [1.82, 2.24) is 10.2 Å². The first-order valence-corrected chi connectivity index (χ1v) is 10.2. The van der Waals surface area contributed by atoms with E-state index < -0.39 is 0 Å². The highest BCUT2D eigenvalue weighted by molar-refractivity contribution is 7.17. The Labute approximate surface area is 166 Å². The summed E-state index contributed by atoms with van der Waals surface area (Å²) in [6.07, 6.45) is -0.521. The molecule has 6 nitrogen and oxygen atoms in total. The largest absolute Gasteiger partial charge is 0.504 e. The van der Waals surface area contributed by atoms with Crippen LogP contribution in [0.2, 0.25) is 0 Å². The van der Waals surface area contributed by atoms with E-state index in [9.17, 15) is 9.90 Å². The zero-order valence-electron chi connectivity index (χ0n) is 15.2. The topological polar surface area (TPSA) is 71.0 Å². The molecule has 2 aliphatic heterocycles. The predicted octanol–water partition coefficient (Wildman–Crippen LogP) is 3.58. The number of nitrogens with zero attached hydrogens (tertiary/aromatic N) is 1. The van der Waals surface area contributed by atoms with Crippen LogP contribution in [0.15, 0.2) is 41.8 Å². The zero-order chi connectivity index (χ0) is 19.1. The predicted molar refractivity (Wildman–Crippen MR) is 108 cm³/mol. The van der Waals surface area contributed by atoms with Crippen molar-refractivity contribution in [3.8, 4) is 22.6 Å². The van der Waals surface area contributed by atoms with Gasteiger partial charge in [-0.1, -0.05) is 18.2 Å². The molecule has 144 valence electrons. The Morgan fingerprint density at radius 3 is 3.04 bits per heavy atom. The summed E-state index contributed by atoms with van der Waals surface area (Å²) in [5.41, 5.74) is 3.04. The molecule has 3 aromatic rings. The lowest BCUT2D eigenvalue weighted by molar-refractivity contribution is 0.103. The molecule has 7 heteroatoms. The van der Waals surface area contributed by atoms with Gasteiger partial charge in [-0.05, 0) is 29.1 Å². The van der Waals surface area contributed by atoms with Gasteiger partial charge >= 0.3 is 6.09 Å². The maximum absolute atomic E-state index is 11.3. The minimum absolute atomic E-state index is 0.161. The van der Waals surface area contributed by atoms with Crippen LogP contribution in [-0.2, 0) is 11.3 Å². The Kier molecular flexibility index (Phi) is 4.33. The Morgan fingerprint density at radius 1 is 1.29 bits per heavy atom. The number of hydrogen-bond acceptors (Lipinski definition) is 6. The number of phenolic OH excluding ortho intramolecular Hbond substituents is 1. The Morgan fingerprint density at radius 2 is 2.18 bits per heavy atom. The number of phenols is 1. The molecule has 5 rings (SSSR count). The van der Waals surface area contributed by atoms with Gasteiger partial charge in [0.2, 0.25) is 0 Å². The molecule has 0 saturated carbocycles. The number of hydrogen-bond donors (Lipinski definition) is 2. The Hall–Kier alpha value is -2.77. The fourth-order valence-corrected chi connectivity index (χ4v) is 4.86. The Balaban J connectivity index is 1.47. The first kappa shape index (κ1) is 17.3. The quantitative estimate of drug-likeness (QED) is 0.708. The Bertz CT molecular complexity index is 1050. The average molecular weight is 396 g/mol. The number of carbonyl (C=O) groups is 1. The van der Waals surface area contributed by atoms with Gasteiger partial charge in [-0.3, -0.25) is 4.90 Å². The summed E-state index contributed by atoms with van der Waals surface area (Å²) in [4.78, 5) is 13.5. The molecule has 0 spiro atoms. The number of alkyl carbamates (subject to hydrolysis) is 1. The summed E-state index contributed by atoms with van der Waals surface area (Å²) < 4.78 is 12.3. The van der Waals surface area contributed by atoms with E-state index in [1.165, 1.54) is 10.1 Å². The molecule has 2 N–H and O–H groups in total. The molecule has 1 saturated heterocycles. The van der Waals surface area contributed by atoms with Crippen LogP contribution in [0.3, 0.4) is 0 Å². The van der Waals surface area contributed by atoms with Crippen LogP contribution in [0.25, 0.3) is 21.2 Å². The standard InChI is InChI=1S/C21H20N2O4S/c24-18-8-13(17-12-28-19-4-2-1-3-16(17)19)7-14-10-23(5-6-26-20(14)18)11-15-9-22-21(25)27-15/h1-4,7-8,12,15,24H,5-6,9-11H2,(H,22,25)/t15-/m1/s1. The monoisotopic (exact) mass is 396 g/mol. The van der Waals surface area contributed by atoms with E-state index in [1.54, 1.807) is 17.4 Å². The summed E-state index contributed by atoms with van der Waals surface area (Å²) in [6.45, 7) is 2.98. The number of fused-ring (bicyclic) bond motifs is 2. The molecule has 0 unspecified atom stereocenters. The molecule has 1 aromatic heterocycles. The SMILES string of the molecule is O=C1NC[C@H](CN2CCOc3c(O)cc(-c4csc5ccccc45)cc3C2)O1. The van der Waals surface area contributed by atoms with Gasteiger partial charge in [-0.2, -0.15) is 0 Å². The molecule has 1 fully saturated rings. The molecule has 2 aliphatic rings. The van der Waals surface area contributed by atoms with Crippen LogP contribution in [-0.4, -0.2) is 48.4 Å². The number of rotatable bonds is 3. The van der Waals surface area contributed by atoms with Gasteiger partial charge in [0, 0.05) is 40.8 Å². The van der Waals surface area contributed by atoms with Crippen molar-refractivity contribution in [3.63, 3.8) is 0 Å². The number of benzene rings is 2. The molecular weight excluding hydrogens is 376 g/mol. The van der Waals surface area contributed by atoms with Crippen LogP contribution < -0.4 is 10.1 Å². The second-order valence-electron chi connectivity index (χ2n) is 7.12. The van der Waals surface area contributed by atoms with Gasteiger partial charge in [0.25, 0.3) is 0 Å². The van der Waals surface area contributed by atoms with E-state index >= 15 is 0 Å². The molecule has 2 aromatic carbocycles. The van der Waals surface area contributed by atoms with Crippen LogP contribution in [0.4, 0.5) is 4.79 Å². The van der Waals surface area contributed by atoms with E-state index in [0.717, 1.165) is 16.7 Å². The lowest BCUT2D eigenvalue weighted by atomic mass is 10.0. The normalized spacial score (nSPS) is 19.6. The third-order valence-corrected chi connectivity index (χ3v) is 6.16. The molecule has 1 amide bonds. The van der Waals surface area contributed by atoms with Gasteiger partial charge in [0.15, 0.2) is 11.5 Å². The molecule has 0 bridgehead atoms. The van der Waals surface area contributed by atoms with Crippen LogP contribution >= 0.6 is 11.3 Å². The van der Waals surface area contributed by atoms with Gasteiger partial charge in [0.1, 0.15) is 12.7 Å². The fraction of sp³-hybridized carbons (Fsp3) is 0.286. The van der Waals surface area contributed by atoms with Gasteiger partial charge in [0.05, 0.1) is 6.54 Å². The number of ether oxygens (including phenoxy) is 2. The fourth-order valence-electron chi connectivity index (χ4n) is 3.89. The molecule has 0 aliphatic carbocycles. The maximum atomic E-state index is 11.3. The molecule has 0 radical (unpaired) electrons. The maximum Gasteiger partial charge on any atom is 0.407 e. The average Bonchev–Trinajstić information content (AvgIpc) is 3.23. The minimum atomic E-state index is -0.360. The highest BCUT2D eigenvalue weighted by Gasteiger charge is 2.27. The van der Waals surface area contributed by atoms with Crippen LogP contribution in [0.1, 0.15) is 5.56 Å². The van der Waals surface area contributed by atoms with Crippen molar-refractivity contribution in [2.24, 2.45) is 0 Å². The lowest BCUT2D eigenvalue weighted by Gasteiger charge is -2.22. The van der Waals surface area contributed by atoms with Crippen molar-refractivity contribution in [3.05, 3.63) is 47.3 Å². The number of aromatic hydroxyl groups is 1. The zero-order valence-corrected chi connectivity index (χ0v) is 16.0. The number of carbonyl (C=O) groups excluding carboxylic acids is 1. The highest BCUT2D eigenvalue weighted by atomic mass is 32.1. The summed E-state index contributed by atoms with van der Waals surface area (Å²) >= 11 is 1.70. The van der Waals surface area contributed by atoms with Crippen molar-refractivity contribution in [1.29, 1.82) is 0 Å². The van der Waals surface area contributed by atoms with Crippen molar-refractivity contribution in [2.75, 3.05) is 26.2 Å². The van der Waals surface area contributed by atoms with Gasteiger partial charge < -0.3 is 19.9 Å². The molecule has 1 atom stereocenters. The van der Waals surface area contributed by atoms with Crippen molar-refractivity contribution < 1.29 is 19.4 Å². The number of nitrogens with one attached hydrogen (secondary N) is 1. The minimum Gasteiger partial charge on any atom is -0.504 e. The molecule has 3 heterocycles. The second kappa shape index (κ2) is 7.00. The van der Waals surface area contributed by atoms with E-state index in [-0.39, 0.29) is 17.9 Å². The first-order valence-electron chi connectivity index (χ1n) is 9.29. The van der Waals surface area contributed by atoms with Crippen LogP contribution in [0, 0.1) is 0 Å². The third-order valence-electron chi connectivity index (χ3n) is 5.20. The van der Waals surface area contributed by atoms with E-state index in [4.69, 9.17) is 9.47 Å². The number of cyclic esters (lactones) is 1. The smallest absolute Gasteiger partial charge is 0.407 e. The van der Waals surface area contributed by atoms with E-state index in [0.29, 0.717) is 38.5 Å². The summed E-state index contributed by atoms with van der Waals surface area (Å²) in [6, 6.07) is 12.2. The first-order chi connectivity index (χ1) is 13.7. The summed E-state index contributed by atoms with van der Waals surface area (Å²) in [5.74, 6) is 0.714. The molecular formula is C21H20N2O4S. The lowest BCUT2D eigenvalue weighted by Crippen LogP contribution is -2.35. The van der Waals surface area contributed by atoms with Crippen molar-refractivity contribution >= 4 is 27.5 Å². The van der Waals surface area contributed by atoms with Crippen molar-refractivity contribution in [2.45, 2.75) is 12.6 Å².